The number of amides is 2. The van der Waals surface area contributed by atoms with Gasteiger partial charge in [0.25, 0.3) is 0 Å². The molecule has 1 aliphatic rings. The van der Waals surface area contributed by atoms with Crippen molar-refractivity contribution in [3.63, 3.8) is 0 Å². The summed E-state index contributed by atoms with van der Waals surface area (Å²) in [6.45, 7) is -0.801. The summed E-state index contributed by atoms with van der Waals surface area (Å²) in [7, 11) is -10.2. The van der Waals surface area contributed by atoms with E-state index in [0.717, 1.165) is 18.2 Å². The summed E-state index contributed by atoms with van der Waals surface area (Å²) >= 11 is 11.8. The average Bonchev–Trinajstić information content (AvgIpc) is 3.56. The summed E-state index contributed by atoms with van der Waals surface area (Å²) in [5.74, 6) is -4.05. The van der Waals surface area contributed by atoms with Gasteiger partial charge < -0.3 is 10.5 Å². The summed E-state index contributed by atoms with van der Waals surface area (Å²) in [6.07, 6.45) is -1.23. The van der Waals surface area contributed by atoms with Crippen LogP contribution in [-0.2, 0) is 21.6 Å². The van der Waals surface area contributed by atoms with Gasteiger partial charge in [-0.25, -0.2) is 18.3 Å². The van der Waals surface area contributed by atoms with Gasteiger partial charge in [-0.15, -0.1) is 0 Å². The van der Waals surface area contributed by atoms with Gasteiger partial charge in [0.05, 0.1) is 15.5 Å². The zero-order valence-electron chi connectivity index (χ0n) is 19.5. The number of benzene rings is 2. The molecule has 4 rings (SSSR count). The van der Waals surface area contributed by atoms with Crippen molar-refractivity contribution in [3.8, 4) is 11.8 Å². The molecule has 0 atom stereocenters. The fraction of sp³-hybridized carbons (Fsp3) is 0.182. The predicted octanol–water partition coefficient (Wildman–Crippen LogP) is 7.25. The van der Waals surface area contributed by atoms with Crippen LogP contribution in [0.15, 0.2) is 35.2 Å². The van der Waals surface area contributed by atoms with Crippen LogP contribution < -0.4 is 11.1 Å². The number of carbonyl (C=O) groups excluding carboxylic acids is 2. The largest absolute Gasteiger partial charge is 0.444 e. The number of nitrogens with two attached hydrogens (primary N) is 1. The van der Waals surface area contributed by atoms with Crippen molar-refractivity contribution in [1.29, 1.82) is 5.26 Å². The van der Waals surface area contributed by atoms with Crippen molar-refractivity contribution in [2.24, 2.45) is 5.73 Å². The molecule has 2 amide bonds. The lowest BCUT2D eigenvalue weighted by Crippen LogP contribution is -2.30. The van der Waals surface area contributed by atoms with E-state index in [1.165, 1.54) is 0 Å². The Labute approximate surface area is 230 Å². The molecular weight excluding hydrogens is 618 g/mol. The number of primary amides is 1. The van der Waals surface area contributed by atoms with Gasteiger partial charge in [-0.3, -0.25) is 10.1 Å². The SMILES string of the molecule is N#Cc1nn(-c2c(Cl)cc(S(F)(F)(F)(F)F)cc2Cl)c(NC(=O)OCc2cccc(F)c2F)c1C1(C(N)=O)CC1. The number of hydrogen-bond donors (Lipinski definition) is 2. The molecule has 214 valence electrons. The Kier molecular flexibility index (Phi) is 6.53. The summed E-state index contributed by atoms with van der Waals surface area (Å²) in [4.78, 5) is 22.5. The average molecular weight is 632 g/mol. The number of anilines is 1. The molecule has 3 N–H and O–H groups in total. The van der Waals surface area contributed by atoms with Gasteiger partial charge in [0.15, 0.2) is 17.3 Å². The van der Waals surface area contributed by atoms with E-state index in [1.807, 2.05) is 0 Å². The van der Waals surface area contributed by atoms with Crippen molar-refractivity contribution in [1.82, 2.24) is 9.78 Å². The van der Waals surface area contributed by atoms with Crippen LogP contribution in [0.1, 0.15) is 29.7 Å². The van der Waals surface area contributed by atoms with E-state index in [-0.39, 0.29) is 36.1 Å². The standard InChI is InChI=1S/C22H14Cl2F7N5O3S/c23-12-6-11(40(27,28,29,30)31)7-13(24)18(12)36-19(16(15(8-32)35-36)22(4-5-22)20(33)37)34-21(38)39-9-10-2-1-3-14(25)17(10)26/h1-3,6-7H,4-5,9H2,(H2,33,37)(H,34,38). The number of hydrogen-bond acceptors (Lipinski definition) is 5. The number of nitrogens with one attached hydrogen (secondary N) is 1. The third-order valence-corrected chi connectivity index (χ3v) is 7.65. The first kappa shape index (κ1) is 29.3. The van der Waals surface area contributed by atoms with Gasteiger partial charge >= 0.3 is 16.3 Å². The number of aromatic nitrogens is 2. The minimum absolute atomic E-state index is 0.0750. The number of carbonyl (C=O) groups is 2. The molecule has 0 saturated heterocycles. The zero-order valence-corrected chi connectivity index (χ0v) is 21.8. The van der Waals surface area contributed by atoms with Crippen molar-refractivity contribution in [2.75, 3.05) is 5.32 Å². The molecule has 3 aromatic rings. The highest BCUT2D eigenvalue weighted by Gasteiger charge is 2.65. The first-order valence-electron chi connectivity index (χ1n) is 10.7. The van der Waals surface area contributed by atoms with E-state index in [4.69, 9.17) is 33.7 Å². The Morgan fingerprint density at radius 1 is 1.15 bits per heavy atom. The predicted molar refractivity (Wildman–Crippen MR) is 130 cm³/mol. The molecule has 40 heavy (non-hydrogen) atoms. The minimum atomic E-state index is -10.2. The normalized spacial score (nSPS) is 15.9. The highest BCUT2D eigenvalue weighted by atomic mass is 35.5. The first-order valence-corrected chi connectivity index (χ1v) is 13.4. The number of rotatable bonds is 7. The smallest absolute Gasteiger partial charge is 0.413 e. The maximum absolute atomic E-state index is 13.9. The lowest BCUT2D eigenvalue weighted by atomic mass is 9.94. The Hall–Kier alpha value is -3.68. The lowest BCUT2D eigenvalue weighted by Gasteiger charge is -2.40. The van der Waals surface area contributed by atoms with Gasteiger partial charge in [-0.2, -0.15) is 10.4 Å². The van der Waals surface area contributed by atoms with Crippen LogP contribution in [0.2, 0.25) is 10.0 Å². The second-order valence-corrected chi connectivity index (χ2v) is 11.9. The van der Waals surface area contributed by atoms with Gasteiger partial charge in [-0.1, -0.05) is 54.8 Å². The summed E-state index contributed by atoms with van der Waals surface area (Å²) in [6, 6.07) is 4.50. The van der Waals surface area contributed by atoms with Crippen LogP contribution in [0.5, 0.6) is 0 Å². The Morgan fingerprint density at radius 3 is 2.25 bits per heavy atom. The minimum Gasteiger partial charge on any atom is -0.444 e. The number of halogens is 9. The fourth-order valence-electron chi connectivity index (χ4n) is 3.87. The van der Waals surface area contributed by atoms with Crippen LogP contribution >= 0.6 is 33.4 Å². The van der Waals surface area contributed by atoms with Crippen LogP contribution in [-0.4, -0.2) is 21.8 Å². The zero-order chi connectivity index (χ0) is 29.9. The molecule has 2 aromatic carbocycles. The van der Waals surface area contributed by atoms with E-state index in [1.54, 1.807) is 6.07 Å². The fourth-order valence-corrected chi connectivity index (χ4v) is 5.33. The molecule has 18 heteroatoms. The molecule has 0 spiro atoms. The van der Waals surface area contributed by atoms with Crippen molar-refractivity contribution in [3.05, 3.63) is 68.8 Å². The second kappa shape index (κ2) is 8.91. The molecule has 8 nitrogen and oxygen atoms in total. The Balaban J connectivity index is 1.84. The molecule has 1 fully saturated rings. The van der Waals surface area contributed by atoms with Crippen LogP contribution in [0.3, 0.4) is 0 Å². The van der Waals surface area contributed by atoms with Crippen molar-refractivity contribution < 1.29 is 42.5 Å². The van der Waals surface area contributed by atoms with E-state index >= 15 is 0 Å². The summed E-state index contributed by atoms with van der Waals surface area (Å²) in [5, 5.41) is 13.6. The van der Waals surface area contributed by atoms with E-state index in [0.29, 0.717) is 4.68 Å². The maximum Gasteiger partial charge on any atom is 0.413 e. The van der Waals surface area contributed by atoms with Gasteiger partial charge in [0.1, 0.15) is 29.1 Å². The third-order valence-electron chi connectivity index (χ3n) is 5.95. The van der Waals surface area contributed by atoms with Gasteiger partial charge in [0, 0.05) is 11.1 Å². The summed E-state index contributed by atoms with van der Waals surface area (Å²) in [5.41, 5.74) is 2.09. The van der Waals surface area contributed by atoms with E-state index in [9.17, 15) is 43.1 Å². The van der Waals surface area contributed by atoms with Crippen molar-refractivity contribution >= 4 is 51.2 Å². The molecule has 0 aliphatic heterocycles. The van der Waals surface area contributed by atoms with Gasteiger partial charge in [0.2, 0.25) is 5.91 Å². The summed E-state index contributed by atoms with van der Waals surface area (Å²) < 4.78 is 99.8. The first-order chi connectivity index (χ1) is 18.3. The molecule has 1 heterocycles. The Bertz CT molecular complexity index is 1610. The monoisotopic (exact) mass is 631 g/mol. The third kappa shape index (κ3) is 5.36. The maximum atomic E-state index is 13.9. The quantitative estimate of drug-likeness (QED) is 0.266. The number of ether oxygens (including phenoxy) is 1. The molecule has 0 radical (unpaired) electrons. The molecule has 1 saturated carbocycles. The molecule has 0 unspecified atom stereocenters. The Morgan fingerprint density at radius 2 is 1.75 bits per heavy atom. The van der Waals surface area contributed by atoms with Crippen molar-refractivity contribution in [2.45, 2.75) is 29.8 Å². The number of nitrogens with zero attached hydrogens (tertiary/aromatic N) is 3. The topological polar surface area (TPSA) is 123 Å². The second-order valence-electron chi connectivity index (χ2n) is 8.66. The molecule has 1 aliphatic carbocycles. The molecule has 0 bridgehead atoms. The molecular formula is C22H14Cl2F7N5O3S. The van der Waals surface area contributed by atoms with E-state index in [2.05, 4.69) is 10.4 Å². The number of nitriles is 1. The highest BCUT2D eigenvalue weighted by Crippen LogP contribution is 3.02. The van der Waals surface area contributed by atoms with Crippen LogP contribution in [0, 0.1) is 23.0 Å². The molecule has 1 aromatic heterocycles. The van der Waals surface area contributed by atoms with E-state index < -0.39 is 78.0 Å². The lowest BCUT2D eigenvalue weighted by molar-refractivity contribution is -0.120. The van der Waals surface area contributed by atoms with Crippen LogP contribution in [0.25, 0.3) is 5.69 Å². The van der Waals surface area contributed by atoms with Gasteiger partial charge in [-0.05, 0) is 31.0 Å². The van der Waals surface area contributed by atoms with Crippen LogP contribution in [0.4, 0.5) is 38.8 Å². The highest BCUT2D eigenvalue weighted by molar-refractivity contribution is 8.45.